The highest BCUT2D eigenvalue weighted by molar-refractivity contribution is 5.73. The summed E-state index contributed by atoms with van der Waals surface area (Å²) in [5.74, 6) is -5.65. The second kappa shape index (κ2) is 18.4. The van der Waals surface area contributed by atoms with Crippen molar-refractivity contribution in [3.63, 3.8) is 0 Å². The molecule has 1 fully saturated rings. The van der Waals surface area contributed by atoms with E-state index in [1.54, 1.807) is 0 Å². The summed E-state index contributed by atoms with van der Waals surface area (Å²) in [5, 5.41) is 17.6. The molecule has 1 aliphatic rings. The first-order chi connectivity index (χ1) is 20.5. The second-order valence-corrected chi connectivity index (χ2v) is 8.66. The molecule has 0 spiro atoms. The zero-order valence-electron chi connectivity index (χ0n) is 22.8. The van der Waals surface area contributed by atoms with Gasteiger partial charge in [0, 0.05) is 19.2 Å². The zero-order chi connectivity index (χ0) is 33.3. The summed E-state index contributed by atoms with van der Waals surface area (Å²) in [6.45, 7) is 1.92. The molecule has 1 aromatic heterocycles. The van der Waals surface area contributed by atoms with Gasteiger partial charge in [-0.1, -0.05) is 36.8 Å². The van der Waals surface area contributed by atoms with Crippen molar-refractivity contribution in [2.45, 2.75) is 57.1 Å². The van der Waals surface area contributed by atoms with E-state index in [4.69, 9.17) is 39.7 Å². The topological polar surface area (TPSA) is 192 Å². The SMILES string of the molecule is Nc1ccn(C2COC(COC(=O)CCCCCNCc3ccccc3)O2)c(=O)n1.O=C(O)C(F)(F)F.O=C(O)C(F)(F)F. The molecule has 1 aromatic carbocycles. The number of benzene rings is 1. The lowest BCUT2D eigenvalue weighted by Gasteiger charge is -2.13. The van der Waals surface area contributed by atoms with Gasteiger partial charge in [0.05, 0.1) is 6.61 Å². The summed E-state index contributed by atoms with van der Waals surface area (Å²) >= 11 is 0. The molecule has 0 bridgehead atoms. The number of alkyl halides is 6. The van der Waals surface area contributed by atoms with Gasteiger partial charge in [0.2, 0.25) is 0 Å². The van der Waals surface area contributed by atoms with Crippen molar-refractivity contribution in [3.05, 3.63) is 58.6 Å². The molecule has 19 heteroatoms. The lowest BCUT2D eigenvalue weighted by Crippen LogP contribution is -2.29. The minimum atomic E-state index is -5.08. The highest BCUT2D eigenvalue weighted by Crippen LogP contribution is 2.20. The van der Waals surface area contributed by atoms with Gasteiger partial charge in [-0.3, -0.25) is 9.36 Å². The molecule has 13 nitrogen and oxygen atoms in total. The van der Waals surface area contributed by atoms with Gasteiger partial charge in [-0.15, -0.1) is 0 Å². The summed E-state index contributed by atoms with van der Waals surface area (Å²) in [6, 6.07) is 11.8. The summed E-state index contributed by atoms with van der Waals surface area (Å²) in [4.78, 5) is 45.2. The molecule has 44 heavy (non-hydrogen) atoms. The number of rotatable bonds is 11. The molecular weight excluding hydrogens is 614 g/mol. The maximum absolute atomic E-state index is 11.9. The van der Waals surface area contributed by atoms with Gasteiger partial charge in [0.15, 0.2) is 12.5 Å². The minimum absolute atomic E-state index is 0.00881. The predicted molar refractivity (Wildman–Crippen MR) is 138 cm³/mol. The van der Waals surface area contributed by atoms with E-state index in [-0.39, 0.29) is 25.0 Å². The second-order valence-electron chi connectivity index (χ2n) is 8.66. The highest BCUT2D eigenvalue weighted by Gasteiger charge is 2.39. The van der Waals surface area contributed by atoms with Crippen molar-refractivity contribution in [2.75, 3.05) is 25.5 Å². The van der Waals surface area contributed by atoms with Crippen molar-refractivity contribution >= 4 is 23.7 Å². The number of nitrogens with zero attached hydrogens (tertiary/aromatic N) is 2. The fourth-order valence-electron chi connectivity index (χ4n) is 3.08. The average molecular weight is 645 g/mol. The van der Waals surface area contributed by atoms with Crippen LogP contribution in [-0.2, 0) is 35.1 Å². The van der Waals surface area contributed by atoms with E-state index < -0.39 is 42.5 Å². The molecule has 2 heterocycles. The largest absolute Gasteiger partial charge is 0.490 e. The van der Waals surface area contributed by atoms with Crippen LogP contribution in [0.1, 0.15) is 37.5 Å². The molecule has 3 rings (SSSR count). The van der Waals surface area contributed by atoms with Crippen LogP contribution in [0.2, 0.25) is 0 Å². The third-order valence-corrected chi connectivity index (χ3v) is 5.17. The third kappa shape index (κ3) is 15.8. The number of ether oxygens (including phenoxy) is 3. The number of esters is 1. The third-order valence-electron chi connectivity index (χ3n) is 5.17. The average Bonchev–Trinajstić information content (AvgIpc) is 3.40. The molecule has 0 radical (unpaired) electrons. The van der Waals surface area contributed by atoms with Gasteiger partial charge in [0.25, 0.3) is 0 Å². The molecular formula is C25H30F6N4O9. The van der Waals surface area contributed by atoms with Crippen LogP contribution in [-0.4, -0.2) is 76.1 Å². The molecule has 1 aliphatic heterocycles. The Morgan fingerprint density at radius 2 is 1.59 bits per heavy atom. The van der Waals surface area contributed by atoms with Crippen LogP contribution in [0.25, 0.3) is 0 Å². The maximum atomic E-state index is 11.9. The summed E-state index contributed by atoms with van der Waals surface area (Å²) in [7, 11) is 0. The molecule has 0 amide bonds. The fourth-order valence-corrected chi connectivity index (χ4v) is 3.08. The van der Waals surface area contributed by atoms with E-state index in [0.717, 1.165) is 32.4 Å². The van der Waals surface area contributed by atoms with Gasteiger partial charge in [0.1, 0.15) is 12.4 Å². The number of nitrogen functional groups attached to an aromatic ring is 1. The van der Waals surface area contributed by atoms with E-state index in [0.29, 0.717) is 6.42 Å². The number of nitrogens with two attached hydrogens (primary N) is 1. The Bertz CT molecular complexity index is 1220. The maximum Gasteiger partial charge on any atom is 0.490 e. The Hall–Kier alpha value is -4.23. The van der Waals surface area contributed by atoms with Crippen LogP contribution in [0.3, 0.4) is 0 Å². The van der Waals surface area contributed by atoms with Crippen LogP contribution in [0.4, 0.5) is 32.2 Å². The number of carbonyl (C=O) groups is 3. The Kier molecular flexibility index (Phi) is 15.8. The van der Waals surface area contributed by atoms with Crippen molar-refractivity contribution < 1.29 is 65.1 Å². The molecule has 1 saturated heterocycles. The summed E-state index contributed by atoms with van der Waals surface area (Å²) in [5.41, 5.74) is 6.22. The quantitative estimate of drug-likeness (QED) is 0.159. The monoisotopic (exact) mass is 644 g/mol. The Morgan fingerprint density at radius 1 is 1.00 bits per heavy atom. The lowest BCUT2D eigenvalue weighted by molar-refractivity contribution is -0.193. The van der Waals surface area contributed by atoms with Gasteiger partial charge >= 0.3 is 36.0 Å². The van der Waals surface area contributed by atoms with Gasteiger partial charge in [-0.2, -0.15) is 31.3 Å². The Morgan fingerprint density at radius 3 is 2.14 bits per heavy atom. The van der Waals surface area contributed by atoms with E-state index in [1.165, 1.54) is 22.4 Å². The van der Waals surface area contributed by atoms with Gasteiger partial charge in [-0.05, 0) is 31.0 Å². The van der Waals surface area contributed by atoms with E-state index >= 15 is 0 Å². The van der Waals surface area contributed by atoms with Gasteiger partial charge in [-0.25, -0.2) is 14.4 Å². The van der Waals surface area contributed by atoms with Gasteiger partial charge < -0.3 is 35.5 Å². The number of hydrogen-bond acceptors (Lipinski definition) is 10. The number of hydrogen-bond donors (Lipinski definition) is 4. The van der Waals surface area contributed by atoms with Crippen LogP contribution in [0.5, 0.6) is 0 Å². The van der Waals surface area contributed by atoms with Crippen molar-refractivity contribution in [2.24, 2.45) is 0 Å². The molecule has 2 unspecified atom stereocenters. The Labute approximate surface area is 245 Å². The highest BCUT2D eigenvalue weighted by atomic mass is 19.4. The van der Waals surface area contributed by atoms with E-state index in [2.05, 4.69) is 22.4 Å². The Balaban J connectivity index is 0.000000574. The molecule has 246 valence electrons. The molecule has 0 aliphatic carbocycles. The zero-order valence-corrected chi connectivity index (χ0v) is 22.8. The molecule has 2 atom stereocenters. The van der Waals surface area contributed by atoms with Crippen molar-refractivity contribution in [1.29, 1.82) is 0 Å². The first-order valence-corrected chi connectivity index (χ1v) is 12.6. The van der Waals surface area contributed by atoms with Crippen molar-refractivity contribution in [3.8, 4) is 0 Å². The fraction of sp³-hybridized carbons (Fsp3) is 0.480. The van der Waals surface area contributed by atoms with Crippen LogP contribution in [0.15, 0.2) is 47.4 Å². The number of anilines is 1. The first-order valence-electron chi connectivity index (χ1n) is 12.6. The number of halogens is 6. The van der Waals surface area contributed by atoms with Crippen LogP contribution >= 0.6 is 0 Å². The number of aliphatic carboxylic acids is 2. The van der Waals surface area contributed by atoms with Crippen LogP contribution < -0.4 is 16.7 Å². The number of carboxylic acids is 2. The van der Waals surface area contributed by atoms with Crippen LogP contribution in [0, 0.1) is 0 Å². The first kappa shape index (κ1) is 37.8. The molecule has 0 saturated carbocycles. The van der Waals surface area contributed by atoms with E-state index in [1.807, 2.05) is 18.2 Å². The molecule has 2 aromatic rings. The minimum Gasteiger partial charge on any atom is -0.475 e. The standard InChI is InChI=1S/C21H28N4O5.2C2HF3O2/c22-17-10-12-25(21(27)24-17)18-14-29-20(30-18)15-28-19(26)9-5-2-6-11-23-13-16-7-3-1-4-8-16;2*3-2(4,5)1(6)7/h1,3-4,7-8,10,12,18,20,23H,2,5-6,9,11,13-15H2,(H2,22,24,27);2*(H,6,7). The normalized spacial score (nSPS) is 16.1. The molecule has 5 N–H and O–H groups in total. The number of aromatic nitrogens is 2. The smallest absolute Gasteiger partial charge is 0.475 e. The summed E-state index contributed by atoms with van der Waals surface area (Å²) in [6.07, 6.45) is -6.90. The predicted octanol–water partition coefficient (Wildman–Crippen LogP) is 2.86. The lowest BCUT2D eigenvalue weighted by atomic mass is 10.2. The number of unbranched alkanes of at least 4 members (excludes halogenated alkanes) is 2. The van der Waals surface area contributed by atoms with Crippen molar-refractivity contribution in [1.82, 2.24) is 14.9 Å². The number of carboxylic acid groups (broad SMARTS) is 2. The summed E-state index contributed by atoms with van der Waals surface area (Å²) < 4.78 is 81.0. The van der Waals surface area contributed by atoms with E-state index in [9.17, 15) is 35.9 Å². The number of nitrogens with one attached hydrogen (secondary N) is 1. The number of carbonyl (C=O) groups excluding carboxylic acids is 1.